The monoisotopic (exact) mass is 382 g/mol. The Morgan fingerprint density at radius 3 is 2.14 bits per heavy atom. The lowest BCUT2D eigenvalue weighted by atomic mass is 10.1. The van der Waals surface area contributed by atoms with Crippen molar-refractivity contribution >= 4 is 23.6 Å². The van der Waals surface area contributed by atoms with E-state index in [2.05, 4.69) is 0 Å². The fourth-order valence-corrected chi connectivity index (χ4v) is 2.64. The summed E-state index contributed by atoms with van der Waals surface area (Å²) in [5.41, 5.74) is 0.673. The highest BCUT2D eigenvalue weighted by molar-refractivity contribution is 5.97. The van der Waals surface area contributed by atoms with Gasteiger partial charge in [-0.3, -0.25) is 4.79 Å². The van der Waals surface area contributed by atoms with Gasteiger partial charge in [-0.1, -0.05) is 18.2 Å². The van der Waals surface area contributed by atoms with Crippen molar-refractivity contribution in [2.75, 3.05) is 0 Å². The number of esters is 1. The lowest BCUT2D eigenvalue weighted by molar-refractivity contribution is 0.0692. The Balaban J connectivity index is 2.01. The van der Waals surface area contributed by atoms with Gasteiger partial charge in [0.15, 0.2) is 5.78 Å². The zero-order valence-corrected chi connectivity index (χ0v) is 15.2. The molecule has 2 aromatic carbocycles. The van der Waals surface area contributed by atoms with Gasteiger partial charge >= 0.3 is 5.97 Å². The van der Waals surface area contributed by atoms with Crippen molar-refractivity contribution in [1.82, 2.24) is 0 Å². The van der Waals surface area contributed by atoms with E-state index in [1.54, 1.807) is 13.0 Å². The molecular formula is C22H16F2O4. The van der Waals surface area contributed by atoms with Gasteiger partial charge in [-0.25, -0.2) is 13.6 Å². The van der Waals surface area contributed by atoms with Crippen molar-refractivity contribution in [2.24, 2.45) is 0 Å². The van der Waals surface area contributed by atoms with Crippen molar-refractivity contribution in [3.05, 3.63) is 94.4 Å². The lowest BCUT2D eigenvalue weighted by Crippen LogP contribution is -2.05. The fourth-order valence-electron chi connectivity index (χ4n) is 2.64. The zero-order valence-electron chi connectivity index (χ0n) is 15.2. The van der Waals surface area contributed by atoms with Crippen LogP contribution in [0.5, 0.6) is 0 Å². The molecule has 142 valence electrons. The maximum atomic E-state index is 13.7. The molecule has 0 saturated heterocycles. The molecule has 0 radical (unpaired) electrons. The van der Waals surface area contributed by atoms with E-state index in [-0.39, 0.29) is 28.4 Å². The van der Waals surface area contributed by atoms with Gasteiger partial charge in [0.1, 0.15) is 28.9 Å². The van der Waals surface area contributed by atoms with Gasteiger partial charge in [0.2, 0.25) is 0 Å². The van der Waals surface area contributed by atoms with Gasteiger partial charge in [-0.15, -0.1) is 0 Å². The van der Waals surface area contributed by atoms with Gasteiger partial charge in [0.25, 0.3) is 0 Å². The first-order valence-electron chi connectivity index (χ1n) is 8.40. The average molecular weight is 382 g/mol. The third-order valence-corrected chi connectivity index (χ3v) is 3.96. The predicted molar refractivity (Wildman–Crippen MR) is 99.5 cm³/mol. The minimum Gasteiger partial charge on any atom is -0.461 e. The summed E-state index contributed by atoms with van der Waals surface area (Å²) in [4.78, 5) is 24.1. The molecule has 0 amide bonds. The van der Waals surface area contributed by atoms with E-state index in [4.69, 9.17) is 9.15 Å². The highest BCUT2D eigenvalue weighted by Gasteiger charge is 2.16. The Morgan fingerprint density at radius 1 is 0.964 bits per heavy atom. The molecule has 0 atom stereocenters. The number of furan rings is 1. The molecule has 0 saturated carbocycles. The number of aryl methyl sites for hydroxylation is 1. The van der Waals surface area contributed by atoms with Crippen LogP contribution in [0.25, 0.3) is 11.8 Å². The molecule has 0 fully saturated rings. The van der Waals surface area contributed by atoms with Crippen LogP contribution in [0.15, 0.2) is 59.0 Å². The first-order chi connectivity index (χ1) is 13.3. The van der Waals surface area contributed by atoms with Crippen LogP contribution in [0, 0.1) is 18.6 Å². The van der Waals surface area contributed by atoms with E-state index in [0.29, 0.717) is 11.3 Å². The van der Waals surface area contributed by atoms with Crippen molar-refractivity contribution in [3.63, 3.8) is 0 Å². The number of rotatable bonds is 5. The van der Waals surface area contributed by atoms with Gasteiger partial charge in [-0.05, 0) is 50.2 Å². The summed E-state index contributed by atoms with van der Waals surface area (Å²) in [5.74, 6) is -1.43. The third kappa shape index (κ3) is 4.40. The first kappa shape index (κ1) is 19.2. The molecule has 0 aliphatic carbocycles. The summed E-state index contributed by atoms with van der Waals surface area (Å²) in [6.07, 6.45) is 1.38. The normalized spacial score (nSPS) is 11.4. The Labute approximate surface area is 160 Å². The van der Waals surface area contributed by atoms with Gasteiger partial charge in [0, 0.05) is 11.6 Å². The quantitative estimate of drug-likeness (QED) is 0.336. The van der Waals surface area contributed by atoms with Crippen molar-refractivity contribution in [1.29, 1.82) is 0 Å². The van der Waals surface area contributed by atoms with Crippen LogP contribution in [0.3, 0.4) is 0 Å². The SMILES string of the molecule is CC(=O)c1cc(/C=C(/OC(=O)c2cccc(F)c2)c2cccc(F)c2)oc1C. The van der Waals surface area contributed by atoms with Gasteiger partial charge in [0.05, 0.1) is 11.1 Å². The Bertz CT molecular complexity index is 1080. The molecule has 0 aliphatic heterocycles. The summed E-state index contributed by atoms with van der Waals surface area (Å²) < 4.78 is 38.0. The molecule has 0 aliphatic rings. The maximum Gasteiger partial charge on any atom is 0.343 e. The number of halogens is 2. The zero-order chi connectivity index (χ0) is 20.3. The largest absolute Gasteiger partial charge is 0.461 e. The second-order valence-electron chi connectivity index (χ2n) is 6.09. The van der Waals surface area contributed by atoms with E-state index in [0.717, 1.165) is 6.07 Å². The smallest absolute Gasteiger partial charge is 0.343 e. The Morgan fingerprint density at radius 2 is 1.57 bits per heavy atom. The third-order valence-electron chi connectivity index (χ3n) is 3.96. The second kappa shape index (κ2) is 8.00. The summed E-state index contributed by atoms with van der Waals surface area (Å²) in [7, 11) is 0. The number of benzene rings is 2. The topological polar surface area (TPSA) is 56.5 Å². The number of carbonyl (C=O) groups is 2. The summed E-state index contributed by atoms with van der Waals surface area (Å²) in [5, 5.41) is 0. The van der Waals surface area contributed by atoms with Crippen molar-refractivity contribution in [2.45, 2.75) is 13.8 Å². The standard InChI is InChI=1S/C22H16F2O4/c1-13(25)20-11-19(27-14(20)2)12-21(15-5-3-7-17(23)9-15)28-22(26)16-6-4-8-18(24)10-16/h3-12H,1-2H3/b21-12+. The lowest BCUT2D eigenvalue weighted by Gasteiger charge is -2.09. The molecule has 0 spiro atoms. The van der Waals surface area contributed by atoms with Crippen LogP contribution in [-0.4, -0.2) is 11.8 Å². The molecule has 0 bridgehead atoms. The van der Waals surface area contributed by atoms with E-state index in [1.807, 2.05) is 0 Å². The van der Waals surface area contributed by atoms with Gasteiger partial charge in [-0.2, -0.15) is 0 Å². The molecular weight excluding hydrogens is 366 g/mol. The molecule has 6 heteroatoms. The molecule has 0 unspecified atom stereocenters. The Hall–Kier alpha value is -3.54. The molecule has 1 aromatic heterocycles. The van der Waals surface area contributed by atoms with Gasteiger partial charge < -0.3 is 9.15 Å². The number of hydrogen-bond acceptors (Lipinski definition) is 4. The van der Waals surface area contributed by atoms with Crippen LogP contribution in [0.1, 0.15) is 44.7 Å². The van der Waals surface area contributed by atoms with E-state index in [9.17, 15) is 18.4 Å². The fraction of sp³-hybridized carbons (Fsp3) is 0.0909. The summed E-state index contributed by atoms with van der Waals surface area (Å²) >= 11 is 0. The number of carbonyl (C=O) groups excluding carboxylic acids is 2. The molecule has 28 heavy (non-hydrogen) atoms. The highest BCUT2D eigenvalue weighted by atomic mass is 19.1. The summed E-state index contributed by atoms with van der Waals surface area (Å²) in [6, 6.07) is 12.0. The van der Waals surface area contributed by atoms with E-state index < -0.39 is 17.6 Å². The van der Waals surface area contributed by atoms with Crippen LogP contribution in [0.4, 0.5) is 8.78 Å². The molecule has 4 nitrogen and oxygen atoms in total. The van der Waals surface area contributed by atoms with Crippen molar-refractivity contribution in [3.8, 4) is 0 Å². The second-order valence-corrected chi connectivity index (χ2v) is 6.09. The molecule has 0 N–H and O–H groups in total. The van der Waals surface area contributed by atoms with E-state index >= 15 is 0 Å². The minimum absolute atomic E-state index is 0.00218. The van der Waals surface area contributed by atoms with Crippen LogP contribution in [0.2, 0.25) is 0 Å². The van der Waals surface area contributed by atoms with Crippen LogP contribution >= 0.6 is 0 Å². The summed E-state index contributed by atoms with van der Waals surface area (Å²) in [6.45, 7) is 3.04. The molecule has 3 aromatic rings. The highest BCUT2D eigenvalue weighted by Crippen LogP contribution is 2.25. The maximum absolute atomic E-state index is 13.7. The molecule has 3 rings (SSSR count). The Kier molecular flexibility index (Phi) is 5.49. The number of hydrogen-bond donors (Lipinski definition) is 0. The first-order valence-corrected chi connectivity index (χ1v) is 8.40. The minimum atomic E-state index is -0.815. The van der Waals surface area contributed by atoms with Crippen molar-refractivity contribution < 1.29 is 27.5 Å². The van der Waals surface area contributed by atoms with E-state index in [1.165, 1.54) is 55.5 Å². The number of ketones is 1. The van der Waals surface area contributed by atoms with Crippen LogP contribution < -0.4 is 0 Å². The predicted octanol–water partition coefficient (Wildman–Crippen LogP) is 5.42. The average Bonchev–Trinajstić information content (AvgIpc) is 3.01. The number of ether oxygens (including phenoxy) is 1. The number of Topliss-reactive ketones (excluding diaryl/α,β-unsaturated/α-hetero) is 1. The molecule has 1 heterocycles. The van der Waals surface area contributed by atoms with Crippen LogP contribution in [-0.2, 0) is 4.74 Å².